The van der Waals surface area contributed by atoms with Crippen molar-refractivity contribution in [1.82, 2.24) is 0 Å². The van der Waals surface area contributed by atoms with Gasteiger partial charge in [0.15, 0.2) is 0 Å². The standard InChI is InChI=1S/C10H18O/c1-8(2)3-4-9-5-6-10(11)7-9/h8-9H,3-7H2,1-2H3. The molecule has 0 N–H and O–H groups in total. The van der Waals surface area contributed by atoms with Crippen LogP contribution in [0, 0.1) is 11.8 Å². The van der Waals surface area contributed by atoms with E-state index < -0.39 is 0 Å². The molecule has 1 heteroatoms. The number of rotatable bonds is 3. The number of carbonyl (C=O) groups excluding carboxylic acids is 1. The molecule has 0 aromatic heterocycles. The Morgan fingerprint density at radius 2 is 2.27 bits per heavy atom. The molecule has 0 amide bonds. The van der Waals surface area contributed by atoms with Gasteiger partial charge in [-0.05, 0) is 24.7 Å². The summed E-state index contributed by atoms with van der Waals surface area (Å²) in [6, 6.07) is 0. The highest BCUT2D eigenvalue weighted by Crippen LogP contribution is 2.27. The number of Topliss-reactive ketones (excluding diaryl/α,β-unsaturated/α-hetero) is 1. The minimum Gasteiger partial charge on any atom is -0.300 e. The highest BCUT2D eigenvalue weighted by atomic mass is 16.1. The first kappa shape index (κ1) is 8.76. The third kappa shape index (κ3) is 3.04. The van der Waals surface area contributed by atoms with Gasteiger partial charge in [-0.3, -0.25) is 4.79 Å². The Balaban J connectivity index is 2.13. The van der Waals surface area contributed by atoms with Crippen molar-refractivity contribution in [3.8, 4) is 0 Å². The molecule has 1 aliphatic rings. The molecular weight excluding hydrogens is 136 g/mol. The lowest BCUT2D eigenvalue weighted by Crippen LogP contribution is -1.98. The van der Waals surface area contributed by atoms with Gasteiger partial charge in [0.2, 0.25) is 0 Å². The van der Waals surface area contributed by atoms with E-state index in [9.17, 15) is 4.79 Å². The monoisotopic (exact) mass is 154 g/mol. The number of ketones is 1. The van der Waals surface area contributed by atoms with Crippen molar-refractivity contribution in [3.05, 3.63) is 0 Å². The fourth-order valence-corrected chi connectivity index (χ4v) is 1.71. The lowest BCUT2D eigenvalue weighted by Gasteiger charge is -2.08. The zero-order valence-electron chi connectivity index (χ0n) is 7.60. The molecule has 0 heterocycles. The molecule has 0 spiro atoms. The van der Waals surface area contributed by atoms with Gasteiger partial charge in [0.1, 0.15) is 5.78 Å². The fraction of sp³-hybridized carbons (Fsp3) is 0.900. The second-order valence-electron chi connectivity index (χ2n) is 4.12. The van der Waals surface area contributed by atoms with Gasteiger partial charge in [0, 0.05) is 12.8 Å². The van der Waals surface area contributed by atoms with Gasteiger partial charge < -0.3 is 0 Å². The highest BCUT2D eigenvalue weighted by molar-refractivity contribution is 5.80. The summed E-state index contributed by atoms with van der Waals surface area (Å²) in [5.41, 5.74) is 0. The molecule has 0 aromatic rings. The van der Waals surface area contributed by atoms with Crippen molar-refractivity contribution in [1.29, 1.82) is 0 Å². The zero-order chi connectivity index (χ0) is 8.27. The molecule has 1 saturated carbocycles. The summed E-state index contributed by atoms with van der Waals surface area (Å²) in [4.78, 5) is 10.9. The summed E-state index contributed by atoms with van der Waals surface area (Å²) in [6.07, 6.45) is 5.43. The summed E-state index contributed by atoms with van der Waals surface area (Å²) in [5, 5.41) is 0. The van der Waals surface area contributed by atoms with Crippen LogP contribution < -0.4 is 0 Å². The van der Waals surface area contributed by atoms with E-state index in [1.807, 2.05) is 0 Å². The summed E-state index contributed by atoms with van der Waals surface area (Å²) >= 11 is 0. The van der Waals surface area contributed by atoms with E-state index in [-0.39, 0.29) is 0 Å². The summed E-state index contributed by atoms with van der Waals surface area (Å²) in [6.45, 7) is 4.49. The smallest absolute Gasteiger partial charge is 0.133 e. The van der Waals surface area contributed by atoms with Crippen LogP contribution in [0.5, 0.6) is 0 Å². The maximum atomic E-state index is 10.9. The van der Waals surface area contributed by atoms with Crippen molar-refractivity contribution >= 4 is 5.78 Å². The number of hydrogen-bond donors (Lipinski definition) is 0. The van der Waals surface area contributed by atoms with Crippen molar-refractivity contribution in [3.63, 3.8) is 0 Å². The Kier molecular flexibility index (Phi) is 3.10. The molecule has 1 rings (SSSR count). The maximum absolute atomic E-state index is 10.9. The van der Waals surface area contributed by atoms with Crippen molar-refractivity contribution in [2.45, 2.75) is 46.0 Å². The Labute approximate surface area is 69.2 Å². The van der Waals surface area contributed by atoms with Gasteiger partial charge in [-0.15, -0.1) is 0 Å². The number of carbonyl (C=O) groups is 1. The molecule has 1 nitrogen and oxygen atoms in total. The van der Waals surface area contributed by atoms with Crippen molar-refractivity contribution < 1.29 is 4.79 Å². The van der Waals surface area contributed by atoms with Gasteiger partial charge in [-0.25, -0.2) is 0 Å². The van der Waals surface area contributed by atoms with Crippen LogP contribution in [0.4, 0.5) is 0 Å². The predicted octanol–water partition coefficient (Wildman–Crippen LogP) is 2.79. The molecule has 1 aliphatic carbocycles. The molecule has 1 unspecified atom stereocenters. The zero-order valence-corrected chi connectivity index (χ0v) is 7.60. The Morgan fingerprint density at radius 1 is 1.55 bits per heavy atom. The quantitative estimate of drug-likeness (QED) is 0.611. The summed E-state index contributed by atoms with van der Waals surface area (Å²) < 4.78 is 0. The molecule has 1 atom stereocenters. The first-order chi connectivity index (χ1) is 5.18. The topological polar surface area (TPSA) is 17.1 Å². The molecule has 0 aromatic carbocycles. The van der Waals surface area contributed by atoms with Crippen LogP contribution in [0.25, 0.3) is 0 Å². The highest BCUT2D eigenvalue weighted by Gasteiger charge is 2.21. The molecular formula is C10H18O. The number of hydrogen-bond acceptors (Lipinski definition) is 1. The molecule has 0 radical (unpaired) electrons. The van der Waals surface area contributed by atoms with Gasteiger partial charge in [0.05, 0.1) is 0 Å². The molecule has 0 aliphatic heterocycles. The first-order valence-electron chi connectivity index (χ1n) is 4.70. The van der Waals surface area contributed by atoms with Crippen LogP contribution in [-0.2, 0) is 4.79 Å². The van der Waals surface area contributed by atoms with E-state index >= 15 is 0 Å². The lowest BCUT2D eigenvalue weighted by molar-refractivity contribution is -0.117. The van der Waals surface area contributed by atoms with Crippen LogP contribution in [0.1, 0.15) is 46.0 Å². The predicted molar refractivity (Wildman–Crippen MR) is 46.4 cm³/mol. The van der Waals surface area contributed by atoms with Crippen molar-refractivity contribution in [2.24, 2.45) is 11.8 Å². The normalized spacial score (nSPS) is 25.0. The summed E-state index contributed by atoms with van der Waals surface area (Å²) in [7, 11) is 0. The molecule has 64 valence electrons. The SMILES string of the molecule is CC(C)CCC1CCC(=O)C1. The van der Waals surface area contributed by atoms with Crippen molar-refractivity contribution in [2.75, 3.05) is 0 Å². The van der Waals surface area contributed by atoms with E-state index in [0.29, 0.717) is 5.78 Å². The average Bonchev–Trinajstić information content (AvgIpc) is 2.31. The Hall–Kier alpha value is -0.330. The van der Waals surface area contributed by atoms with Crippen LogP contribution in [0.15, 0.2) is 0 Å². The minimum absolute atomic E-state index is 0.485. The molecule has 0 bridgehead atoms. The maximum Gasteiger partial charge on any atom is 0.133 e. The third-order valence-corrected chi connectivity index (χ3v) is 2.50. The molecule has 0 saturated heterocycles. The van der Waals surface area contributed by atoms with Crippen LogP contribution >= 0.6 is 0 Å². The lowest BCUT2D eigenvalue weighted by atomic mass is 9.97. The van der Waals surface area contributed by atoms with Gasteiger partial charge in [-0.2, -0.15) is 0 Å². The summed E-state index contributed by atoms with van der Waals surface area (Å²) in [5.74, 6) is 2.01. The molecule has 11 heavy (non-hydrogen) atoms. The minimum atomic E-state index is 0.485. The van der Waals surface area contributed by atoms with Gasteiger partial charge in [0.25, 0.3) is 0 Å². The van der Waals surface area contributed by atoms with Crippen LogP contribution in [0.2, 0.25) is 0 Å². The Bertz CT molecular complexity index is 138. The van der Waals surface area contributed by atoms with E-state index in [4.69, 9.17) is 0 Å². The second-order valence-corrected chi connectivity index (χ2v) is 4.12. The van der Waals surface area contributed by atoms with Crippen LogP contribution in [-0.4, -0.2) is 5.78 Å². The average molecular weight is 154 g/mol. The van der Waals surface area contributed by atoms with E-state index in [2.05, 4.69) is 13.8 Å². The molecule has 1 fully saturated rings. The first-order valence-corrected chi connectivity index (χ1v) is 4.70. The third-order valence-electron chi connectivity index (χ3n) is 2.50. The van der Waals surface area contributed by atoms with Gasteiger partial charge in [-0.1, -0.05) is 20.3 Å². The second kappa shape index (κ2) is 3.89. The largest absolute Gasteiger partial charge is 0.300 e. The van der Waals surface area contributed by atoms with E-state index in [1.165, 1.54) is 12.8 Å². The van der Waals surface area contributed by atoms with Gasteiger partial charge >= 0.3 is 0 Å². The van der Waals surface area contributed by atoms with E-state index in [0.717, 1.165) is 31.1 Å². The Morgan fingerprint density at radius 3 is 2.73 bits per heavy atom. The fourth-order valence-electron chi connectivity index (χ4n) is 1.71. The van der Waals surface area contributed by atoms with E-state index in [1.54, 1.807) is 0 Å². The van der Waals surface area contributed by atoms with Crippen LogP contribution in [0.3, 0.4) is 0 Å².